The normalized spacial score (nSPS) is 10.4. The number of hydrogen-bond acceptors (Lipinski definition) is 2. The third kappa shape index (κ3) is 7.34. The lowest BCUT2D eigenvalue weighted by Gasteiger charge is -2.09. The third-order valence-corrected chi connectivity index (χ3v) is 3.12. The molecule has 0 saturated carbocycles. The summed E-state index contributed by atoms with van der Waals surface area (Å²) >= 11 is 0. The summed E-state index contributed by atoms with van der Waals surface area (Å²) in [5.41, 5.74) is 1.17. The van der Waals surface area contributed by atoms with Crippen LogP contribution in [-0.4, -0.2) is 30.2 Å². The van der Waals surface area contributed by atoms with E-state index in [9.17, 15) is 9.59 Å². The monoisotopic (exact) mass is 292 g/mol. The first kappa shape index (κ1) is 17.0. The van der Waals surface area contributed by atoms with Gasteiger partial charge in [0.15, 0.2) is 0 Å². The van der Waals surface area contributed by atoms with Gasteiger partial charge in [-0.25, -0.2) is 9.59 Å². The molecule has 0 atom stereocenters. The highest BCUT2D eigenvalue weighted by molar-refractivity contribution is 5.87. The van der Waals surface area contributed by atoms with E-state index in [4.69, 9.17) is 5.11 Å². The summed E-state index contributed by atoms with van der Waals surface area (Å²) in [6, 6.07) is 6.58. The van der Waals surface area contributed by atoms with Crippen molar-refractivity contribution in [2.75, 3.05) is 13.1 Å². The Kier molecular flexibility index (Phi) is 7.29. The van der Waals surface area contributed by atoms with Gasteiger partial charge in [-0.1, -0.05) is 26.0 Å². The minimum atomic E-state index is -0.937. The number of hydrogen-bond donors (Lipinski definition) is 3. The standard InChI is InChI=1S/C16H24N2O3/c1-12(2)5-4-9-17-16(21)18-10-8-13-6-3-7-14(11-13)15(19)20/h3,6-7,11-12H,4-5,8-10H2,1-2H3,(H,19,20)(H2,17,18,21). The van der Waals surface area contributed by atoms with Crippen LogP contribution in [0.3, 0.4) is 0 Å². The molecule has 116 valence electrons. The van der Waals surface area contributed by atoms with E-state index in [-0.39, 0.29) is 11.6 Å². The molecule has 1 aromatic carbocycles. The zero-order chi connectivity index (χ0) is 15.7. The van der Waals surface area contributed by atoms with Gasteiger partial charge in [-0.3, -0.25) is 0 Å². The smallest absolute Gasteiger partial charge is 0.335 e. The lowest BCUT2D eigenvalue weighted by atomic mass is 10.1. The summed E-state index contributed by atoms with van der Waals surface area (Å²) in [5, 5.41) is 14.5. The minimum Gasteiger partial charge on any atom is -0.478 e. The van der Waals surface area contributed by atoms with Gasteiger partial charge >= 0.3 is 12.0 Å². The number of nitrogens with one attached hydrogen (secondary N) is 2. The van der Waals surface area contributed by atoms with Gasteiger partial charge in [-0.05, 0) is 42.9 Å². The van der Waals surface area contributed by atoms with Gasteiger partial charge < -0.3 is 15.7 Å². The molecule has 3 N–H and O–H groups in total. The quantitative estimate of drug-likeness (QED) is 0.645. The average molecular weight is 292 g/mol. The van der Waals surface area contributed by atoms with Gasteiger partial charge in [-0.2, -0.15) is 0 Å². The van der Waals surface area contributed by atoms with Crippen LogP contribution < -0.4 is 10.6 Å². The number of rotatable bonds is 8. The Morgan fingerprint density at radius 1 is 1.19 bits per heavy atom. The Morgan fingerprint density at radius 2 is 1.90 bits per heavy atom. The number of amides is 2. The van der Waals surface area contributed by atoms with Crippen molar-refractivity contribution in [1.29, 1.82) is 0 Å². The molecule has 0 aliphatic rings. The number of carboxylic acid groups (broad SMARTS) is 1. The van der Waals surface area contributed by atoms with E-state index in [1.807, 2.05) is 6.07 Å². The molecule has 5 heteroatoms. The second kappa shape index (κ2) is 9.00. The lowest BCUT2D eigenvalue weighted by Crippen LogP contribution is -2.37. The van der Waals surface area contributed by atoms with Crippen LogP contribution in [0.4, 0.5) is 4.79 Å². The topological polar surface area (TPSA) is 78.4 Å². The highest BCUT2D eigenvalue weighted by atomic mass is 16.4. The molecule has 0 spiro atoms. The van der Waals surface area contributed by atoms with Crippen LogP contribution in [-0.2, 0) is 6.42 Å². The largest absolute Gasteiger partial charge is 0.478 e. The number of aromatic carboxylic acids is 1. The van der Waals surface area contributed by atoms with Crippen LogP contribution in [0, 0.1) is 5.92 Å². The number of carboxylic acids is 1. The van der Waals surface area contributed by atoms with Crippen LogP contribution in [0.5, 0.6) is 0 Å². The van der Waals surface area contributed by atoms with Gasteiger partial charge in [0.25, 0.3) is 0 Å². The molecular formula is C16H24N2O3. The highest BCUT2D eigenvalue weighted by Crippen LogP contribution is 2.05. The predicted octanol–water partition coefficient (Wildman–Crippen LogP) is 2.66. The van der Waals surface area contributed by atoms with Crippen molar-refractivity contribution < 1.29 is 14.7 Å². The van der Waals surface area contributed by atoms with Crippen molar-refractivity contribution in [3.05, 3.63) is 35.4 Å². The maximum atomic E-state index is 11.5. The molecule has 0 aliphatic heterocycles. The fraction of sp³-hybridized carbons (Fsp3) is 0.500. The van der Waals surface area contributed by atoms with Crippen molar-refractivity contribution in [3.8, 4) is 0 Å². The Bertz CT molecular complexity index is 472. The fourth-order valence-corrected chi connectivity index (χ4v) is 1.95. The van der Waals surface area contributed by atoms with Crippen molar-refractivity contribution in [3.63, 3.8) is 0 Å². The Morgan fingerprint density at radius 3 is 2.57 bits per heavy atom. The van der Waals surface area contributed by atoms with E-state index < -0.39 is 5.97 Å². The second-order valence-electron chi connectivity index (χ2n) is 5.47. The van der Waals surface area contributed by atoms with Crippen molar-refractivity contribution in [2.45, 2.75) is 33.1 Å². The van der Waals surface area contributed by atoms with E-state index in [0.717, 1.165) is 18.4 Å². The van der Waals surface area contributed by atoms with Crippen LogP contribution in [0.15, 0.2) is 24.3 Å². The first-order chi connectivity index (χ1) is 9.99. The molecule has 2 amide bonds. The molecular weight excluding hydrogens is 268 g/mol. The van der Waals surface area contributed by atoms with Crippen LogP contribution >= 0.6 is 0 Å². The molecule has 0 heterocycles. The fourth-order valence-electron chi connectivity index (χ4n) is 1.95. The molecule has 0 aliphatic carbocycles. The van der Waals surface area contributed by atoms with E-state index in [0.29, 0.717) is 25.4 Å². The zero-order valence-corrected chi connectivity index (χ0v) is 12.7. The molecule has 1 rings (SSSR count). The van der Waals surface area contributed by atoms with Gasteiger partial charge in [0, 0.05) is 13.1 Å². The summed E-state index contributed by atoms with van der Waals surface area (Å²) in [4.78, 5) is 22.4. The summed E-state index contributed by atoms with van der Waals surface area (Å²) in [6.45, 7) is 5.48. The van der Waals surface area contributed by atoms with Crippen LogP contribution in [0.2, 0.25) is 0 Å². The zero-order valence-electron chi connectivity index (χ0n) is 12.7. The lowest BCUT2D eigenvalue weighted by molar-refractivity contribution is 0.0696. The first-order valence-electron chi connectivity index (χ1n) is 7.33. The minimum absolute atomic E-state index is 0.173. The molecule has 21 heavy (non-hydrogen) atoms. The number of carbonyl (C=O) groups is 2. The van der Waals surface area contributed by atoms with Crippen LogP contribution in [0.1, 0.15) is 42.6 Å². The van der Waals surface area contributed by atoms with Gasteiger partial charge in [0.05, 0.1) is 5.56 Å². The van der Waals surface area contributed by atoms with Crippen molar-refractivity contribution in [1.82, 2.24) is 10.6 Å². The molecule has 0 fully saturated rings. The maximum absolute atomic E-state index is 11.5. The van der Waals surface area contributed by atoms with Gasteiger partial charge in [-0.15, -0.1) is 0 Å². The van der Waals surface area contributed by atoms with E-state index in [1.54, 1.807) is 18.2 Å². The molecule has 0 saturated heterocycles. The summed E-state index contributed by atoms with van der Waals surface area (Å²) in [5.74, 6) is -0.288. The molecule has 0 radical (unpaired) electrons. The van der Waals surface area contributed by atoms with Crippen LogP contribution in [0.25, 0.3) is 0 Å². The second-order valence-corrected chi connectivity index (χ2v) is 5.47. The van der Waals surface area contributed by atoms with E-state index in [2.05, 4.69) is 24.5 Å². The molecule has 1 aromatic rings. The highest BCUT2D eigenvalue weighted by Gasteiger charge is 2.04. The number of urea groups is 1. The van der Waals surface area contributed by atoms with Gasteiger partial charge in [0.1, 0.15) is 0 Å². The Balaban J connectivity index is 2.22. The van der Waals surface area contributed by atoms with Gasteiger partial charge in [0.2, 0.25) is 0 Å². The molecule has 0 unspecified atom stereocenters. The summed E-state index contributed by atoms with van der Waals surface area (Å²) < 4.78 is 0. The average Bonchev–Trinajstić information content (AvgIpc) is 2.44. The van der Waals surface area contributed by atoms with Crippen molar-refractivity contribution >= 4 is 12.0 Å². The first-order valence-corrected chi connectivity index (χ1v) is 7.33. The third-order valence-electron chi connectivity index (χ3n) is 3.12. The molecule has 0 bridgehead atoms. The molecule has 5 nitrogen and oxygen atoms in total. The number of carbonyl (C=O) groups excluding carboxylic acids is 1. The predicted molar refractivity (Wildman–Crippen MR) is 82.6 cm³/mol. The summed E-state index contributed by atoms with van der Waals surface area (Å²) in [6.07, 6.45) is 2.69. The van der Waals surface area contributed by atoms with Crippen molar-refractivity contribution in [2.24, 2.45) is 5.92 Å². The Hall–Kier alpha value is -2.04. The maximum Gasteiger partial charge on any atom is 0.335 e. The SMILES string of the molecule is CC(C)CCCNC(=O)NCCc1cccc(C(=O)O)c1. The number of benzene rings is 1. The molecule has 0 aromatic heterocycles. The Labute approximate surface area is 125 Å². The van der Waals surface area contributed by atoms with E-state index in [1.165, 1.54) is 0 Å². The summed E-state index contributed by atoms with van der Waals surface area (Å²) in [7, 11) is 0. The van der Waals surface area contributed by atoms with E-state index >= 15 is 0 Å².